The molecule has 0 radical (unpaired) electrons. The van der Waals surface area contributed by atoms with E-state index in [0.717, 1.165) is 68.1 Å². The zero-order valence-electron chi connectivity index (χ0n) is 29.7. The molecule has 0 saturated heterocycles. The molecule has 50 heavy (non-hydrogen) atoms. The zero-order chi connectivity index (χ0) is 36.0. The zero-order valence-corrected chi connectivity index (χ0v) is 31.2. The van der Waals surface area contributed by atoms with Gasteiger partial charge in [0.25, 0.3) is 5.91 Å². The Labute approximate surface area is 303 Å². The fourth-order valence-corrected chi connectivity index (χ4v) is 8.74. The summed E-state index contributed by atoms with van der Waals surface area (Å²) in [5.41, 5.74) is 3.90. The third kappa shape index (κ3) is 8.72. The van der Waals surface area contributed by atoms with Crippen molar-refractivity contribution >= 4 is 46.1 Å². The monoisotopic (exact) mass is 727 g/mol. The van der Waals surface area contributed by atoms with Gasteiger partial charge in [-0.05, 0) is 105 Å². The van der Waals surface area contributed by atoms with E-state index in [-0.39, 0.29) is 41.0 Å². The number of hydrogen-bond donors (Lipinski definition) is 2. The first-order valence-electron chi connectivity index (χ1n) is 17.5. The Morgan fingerprint density at radius 3 is 2.66 bits per heavy atom. The average Bonchev–Trinajstić information content (AvgIpc) is 3.24. The molecule has 2 heterocycles. The maximum Gasteiger partial charge on any atom is 0.325 e. The number of carbonyl (C=O) groups is 3. The second-order valence-corrected chi connectivity index (χ2v) is 16.0. The molecule has 12 heteroatoms. The molecular formula is C38H50ClN3O7S. The minimum Gasteiger partial charge on any atom is -0.490 e. The molecule has 2 aliphatic heterocycles. The summed E-state index contributed by atoms with van der Waals surface area (Å²) < 4.78 is 32.8. The molecule has 2 amide bonds. The van der Waals surface area contributed by atoms with E-state index in [1.165, 1.54) is 25.2 Å². The maximum absolute atomic E-state index is 13.3. The largest absolute Gasteiger partial charge is 0.490 e. The molecule has 10 nitrogen and oxygen atoms in total. The number of allylic oxidation sites excluding steroid dienone is 1. The molecule has 272 valence electrons. The lowest BCUT2D eigenvalue weighted by Gasteiger charge is -2.46. The SMILES string of the molecule is COC(=O)CNC(C)=O.COC1/C=C/CC(C)C(C)S(=O)NC(=O)c2ccc3c(c2)N(CC2CCC21)C[C@@]1(CCCc2cc(Cl)ccc21)CO3. The number of halogens is 1. The molecule has 2 bridgehead atoms. The van der Waals surface area contributed by atoms with Gasteiger partial charge in [-0.15, -0.1) is 0 Å². The molecule has 2 aromatic carbocycles. The van der Waals surface area contributed by atoms with Crippen LogP contribution >= 0.6 is 11.6 Å². The lowest BCUT2D eigenvalue weighted by molar-refractivity contribution is -0.140. The number of benzene rings is 2. The first-order valence-corrected chi connectivity index (χ1v) is 19.1. The molecule has 2 aromatic rings. The van der Waals surface area contributed by atoms with Crippen LogP contribution in [0.25, 0.3) is 0 Å². The fourth-order valence-electron chi connectivity index (χ4n) is 7.53. The lowest BCUT2D eigenvalue weighted by atomic mass is 9.68. The summed E-state index contributed by atoms with van der Waals surface area (Å²) >= 11 is 6.41. The third-order valence-corrected chi connectivity index (χ3v) is 12.6. The van der Waals surface area contributed by atoms with Gasteiger partial charge in [0.05, 0.1) is 30.8 Å². The number of carbonyl (C=O) groups excluding carboxylic acids is 3. The van der Waals surface area contributed by atoms with Gasteiger partial charge in [-0.3, -0.25) is 19.1 Å². The van der Waals surface area contributed by atoms with Crippen LogP contribution in [0.2, 0.25) is 5.02 Å². The van der Waals surface area contributed by atoms with Crippen LogP contribution in [-0.2, 0) is 41.9 Å². The number of amides is 2. The Bertz CT molecular complexity index is 1620. The van der Waals surface area contributed by atoms with E-state index in [9.17, 15) is 18.6 Å². The van der Waals surface area contributed by atoms with Crippen molar-refractivity contribution in [1.29, 1.82) is 0 Å². The predicted octanol–water partition coefficient (Wildman–Crippen LogP) is 5.53. The summed E-state index contributed by atoms with van der Waals surface area (Å²) in [4.78, 5) is 36.2. The Balaban J connectivity index is 0.000000478. The molecular weight excluding hydrogens is 678 g/mol. The maximum atomic E-state index is 13.3. The van der Waals surface area contributed by atoms with Crippen molar-refractivity contribution in [2.75, 3.05) is 45.4 Å². The average molecular weight is 728 g/mol. The summed E-state index contributed by atoms with van der Waals surface area (Å²) in [6.07, 6.45) is 10.6. The molecule has 2 N–H and O–H groups in total. The van der Waals surface area contributed by atoms with Gasteiger partial charge in [0, 0.05) is 43.1 Å². The number of nitrogens with one attached hydrogen (secondary N) is 2. The van der Waals surface area contributed by atoms with Gasteiger partial charge in [-0.1, -0.05) is 36.7 Å². The summed E-state index contributed by atoms with van der Waals surface area (Å²) in [5, 5.41) is 2.87. The van der Waals surface area contributed by atoms with Crippen molar-refractivity contribution in [3.8, 4) is 5.75 Å². The van der Waals surface area contributed by atoms with Crippen LogP contribution < -0.4 is 19.7 Å². The van der Waals surface area contributed by atoms with Gasteiger partial charge < -0.3 is 24.4 Å². The molecule has 6 rings (SSSR count). The molecule has 2 aliphatic carbocycles. The summed E-state index contributed by atoms with van der Waals surface area (Å²) in [7, 11) is 1.57. The van der Waals surface area contributed by atoms with Gasteiger partial charge in [-0.2, -0.15) is 0 Å². The van der Waals surface area contributed by atoms with Crippen molar-refractivity contribution in [3.63, 3.8) is 0 Å². The molecule has 1 fully saturated rings. The number of fused-ring (bicyclic) bond motifs is 4. The molecule has 1 spiro atoms. The van der Waals surface area contributed by atoms with Crippen LogP contribution in [0.15, 0.2) is 48.6 Å². The summed E-state index contributed by atoms with van der Waals surface area (Å²) in [5.74, 6) is 0.850. The quantitative estimate of drug-likeness (QED) is 0.313. The summed E-state index contributed by atoms with van der Waals surface area (Å²) in [6, 6.07) is 12.0. The Hall–Kier alpha value is -3.41. The van der Waals surface area contributed by atoms with Crippen molar-refractivity contribution in [3.05, 3.63) is 70.3 Å². The van der Waals surface area contributed by atoms with E-state index in [1.54, 1.807) is 13.2 Å². The number of rotatable bonds is 3. The number of methoxy groups -OCH3 is 2. The fraction of sp³-hybridized carbons (Fsp3) is 0.553. The van der Waals surface area contributed by atoms with E-state index >= 15 is 0 Å². The van der Waals surface area contributed by atoms with Gasteiger partial charge >= 0.3 is 5.97 Å². The number of esters is 1. The number of hydrogen-bond acceptors (Lipinski definition) is 8. The number of nitrogens with zero attached hydrogens (tertiary/aromatic N) is 1. The molecule has 4 aliphatic rings. The van der Waals surface area contributed by atoms with Crippen molar-refractivity contribution in [1.82, 2.24) is 10.0 Å². The topological polar surface area (TPSA) is 123 Å². The van der Waals surface area contributed by atoms with Crippen LogP contribution in [0, 0.1) is 17.8 Å². The van der Waals surface area contributed by atoms with E-state index in [4.69, 9.17) is 21.1 Å². The highest BCUT2D eigenvalue weighted by molar-refractivity contribution is 7.84. The van der Waals surface area contributed by atoms with Crippen LogP contribution in [0.4, 0.5) is 5.69 Å². The smallest absolute Gasteiger partial charge is 0.325 e. The number of aryl methyl sites for hydroxylation is 1. The van der Waals surface area contributed by atoms with Crippen molar-refractivity contribution in [2.45, 2.75) is 76.1 Å². The van der Waals surface area contributed by atoms with Crippen LogP contribution in [0.5, 0.6) is 5.75 Å². The normalized spacial score (nSPS) is 29.6. The first-order chi connectivity index (χ1) is 23.9. The molecule has 0 aromatic heterocycles. The molecule has 7 atom stereocenters. The highest BCUT2D eigenvalue weighted by atomic mass is 35.5. The molecule has 6 unspecified atom stereocenters. The van der Waals surface area contributed by atoms with Crippen molar-refractivity contribution in [2.24, 2.45) is 17.8 Å². The van der Waals surface area contributed by atoms with Gasteiger partial charge in [-0.25, -0.2) is 4.21 Å². The van der Waals surface area contributed by atoms with Crippen LogP contribution in [0.1, 0.15) is 74.4 Å². The predicted molar refractivity (Wildman–Crippen MR) is 196 cm³/mol. The van der Waals surface area contributed by atoms with E-state index < -0.39 is 17.0 Å². The van der Waals surface area contributed by atoms with Crippen LogP contribution in [-0.4, -0.2) is 73.8 Å². The summed E-state index contributed by atoms with van der Waals surface area (Å²) in [6.45, 7) is 7.55. The van der Waals surface area contributed by atoms with Crippen LogP contribution in [0.3, 0.4) is 0 Å². The second kappa shape index (κ2) is 16.7. The minimum absolute atomic E-state index is 0.0498. The molecule has 1 saturated carbocycles. The highest BCUT2D eigenvalue weighted by Gasteiger charge is 2.44. The Kier molecular flexibility index (Phi) is 12.7. The van der Waals surface area contributed by atoms with E-state index in [2.05, 4.69) is 50.9 Å². The van der Waals surface area contributed by atoms with Gasteiger partial charge in [0.1, 0.15) is 23.3 Å². The minimum atomic E-state index is -1.50. The Morgan fingerprint density at radius 1 is 1.16 bits per heavy atom. The standard InChI is InChI=1S/C33H41ClN2O4S.C5H9NO3/c1-21-6-4-8-30(39-3)27-12-9-25(27)18-36-19-33(15-5-7-23-16-26(34)11-13-28(23)33)20-40-31-14-10-24(17-29(31)36)32(37)35-41(38)22(21)2;1-4(7)6-3-5(8)9-2/h4,8,10-11,13-14,16-17,21-22,25,27,30H,5-7,9,12,15,18-20H2,1-3H3,(H,35,37);3H2,1-2H3,(H,6,7)/b8-4+;/t21?,22?,25?,27?,30?,33-,41?;/m0./s1. The third-order valence-electron chi connectivity index (χ3n) is 10.8. The lowest BCUT2D eigenvalue weighted by Crippen LogP contribution is -2.49. The van der Waals surface area contributed by atoms with E-state index in [1.807, 2.05) is 25.1 Å². The number of ether oxygens (including phenoxy) is 3. The van der Waals surface area contributed by atoms with Crippen molar-refractivity contribution < 1.29 is 32.8 Å². The van der Waals surface area contributed by atoms with Gasteiger partial charge in [0.15, 0.2) is 0 Å². The number of anilines is 1. The highest BCUT2D eigenvalue weighted by Crippen LogP contribution is 2.47. The first kappa shape index (κ1) is 37.8. The van der Waals surface area contributed by atoms with Gasteiger partial charge in [0.2, 0.25) is 5.91 Å². The van der Waals surface area contributed by atoms with E-state index in [0.29, 0.717) is 24.0 Å². The second-order valence-electron chi connectivity index (χ2n) is 14.0. The Morgan fingerprint density at radius 2 is 1.96 bits per heavy atom.